The molecule has 1 radical (unpaired) electrons. The molecule has 69 valence electrons. The monoisotopic (exact) mass is 263 g/mol. The summed E-state index contributed by atoms with van der Waals surface area (Å²) >= 11 is 0. The van der Waals surface area contributed by atoms with Crippen LogP contribution in [0.4, 0.5) is 0 Å². The molecule has 0 N–H and O–H groups in total. The number of aryl methyl sites for hydroxylation is 3. The summed E-state index contributed by atoms with van der Waals surface area (Å²) in [5.74, 6) is 0. The van der Waals surface area contributed by atoms with E-state index in [2.05, 4.69) is 32.9 Å². The van der Waals surface area contributed by atoms with Crippen LogP contribution in [0.5, 0.6) is 0 Å². The average molecular weight is 264 g/mol. The van der Waals surface area contributed by atoms with Crippen molar-refractivity contribution in [3.63, 3.8) is 0 Å². The number of halogens is 3. The first-order chi connectivity index (χ1) is 3.70. The summed E-state index contributed by atoms with van der Waals surface area (Å²) in [7, 11) is 0. The summed E-state index contributed by atoms with van der Waals surface area (Å²) in [4.78, 5) is 0. The molecular formula is C8H11Cl3V. The van der Waals surface area contributed by atoms with E-state index >= 15 is 0 Å². The first kappa shape index (κ1) is 23.0. The van der Waals surface area contributed by atoms with Crippen LogP contribution in [0.1, 0.15) is 16.7 Å². The third-order valence-corrected chi connectivity index (χ3v) is 1.51. The molecule has 0 aromatic heterocycles. The zero-order valence-corrected chi connectivity index (χ0v) is 10.9. The molecule has 1 aromatic rings. The smallest absolute Gasteiger partial charge is 1.00 e. The molecule has 4 heteroatoms. The minimum Gasteiger partial charge on any atom is -1.00 e. The van der Waals surface area contributed by atoms with Gasteiger partial charge in [-0.3, -0.25) is 0 Å². The van der Waals surface area contributed by atoms with Crippen LogP contribution in [0.15, 0.2) is 12.1 Å². The van der Waals surface area contributed by atoms with Gasteiger partial charge in [-0.05, 0) is 0 Å². The van der Waals surface area contributed by atoms with Crippen molar-refractivity contribution < 1.29 is 55.8 Å². The van der Waals surface area contributed by atoms with Gasteiger partial charge in [0.2, 0.25) is 0 Å². The fraction of sp³-hybridized carbons (Fsp3) is 0.375. The maximum atomic E-state index is 2.20. The molecule has 0 aliphatic rings. The van der Waals surface area contributed by atoms with Crippen molar-refractivity contribution in [3.8, 4) is 0 Å². The van der Waals surface area contributed by atoms with E-state index in [1.54, 1.807) is 0 Å². The summed E-state index contributed by atoms with van der Waals surface area (Å²) < 4.78 is 0. The Bertz CT molecular complexity index is 177. The molecule has 0 fully saturated rings. The van der Waals surface area contributed by atoms with Gasteiger partial charge in [-0.25, -0.2) is 11.6 Å². The molecule has 0 aliphatic heterocycles. The molecule has 0 heterocycles. The molecule has 0 atom stereocenters. The second-order valence-corrected chi connectivity index (χ2v) is 2.40. The molecule has 0 aliphatic carbocycles. The van der Waals surface area contributed by atoms with Gasteiger partial charge in [-0.2, -0.15) is 17.2 Å². The minimum atomic E-state index is 0. The van der Waals surface area contributed by atoms with Crippen LogP contribution in [0, 0.1) is 20.8 Å². The first-order valence-electron chi connectivity index (χ1n) is 2.90. The van der Waals surface area contributed by atoms with Crippen LogP contribution in [0.3, 0.4) is 0 Å². The van der Waals surface area contributed by atoms with Crippen molar-refractivity contribution in [1.82, 2.24) is 0 Å². The maximum Gasteiger partial charge on any atom is 4.00 e. The van der Waals surface area contributed by atoms with Gasteiger partial charge >= 0.3 is 18.6 Å². The largest absolute Gasteiger partial charge is 4.00 e. The fourth-order valence-corrected chi connectivity index (χ4v) is 0.952. The van der Waals surface area contributed by atoms with E-state index in [0.29, 0.717) is 0 Å². The van der Waals surface area contributed by atoms with Gasteiger partial charge in [0.05, 0.1) is 0 Å². The third-order valence-electron chi connectivity index (χ3n) is 1.51. The van der Waals surface area contributed by atoms with Gasteiger partial charge < -0.3 is 37.2 Å². The van der Waals surface area contributed by atoms with Gasteiger partial charge in [-0.15, -0.1) is 0 Å². The molecule has 0 saturated heterocycles. The van der Waals surface area contributed by atoms with Crippen LogP contribution < -0.4 is 37.2 Å². The van der Waals surface area contributed by atoms with Crippen LogP contribution >= 0.6 is 0 Å². The Kier molecular flexibility index (Phi) is 19.0. The summed E-state index contributed by atoms with van der Waals surface area (Å²) in [6, 6.07) is 4.41. The molecule has 0 bridgehead atoms. The van der Waals surface area contributed by atoms with E-state index < -0.39 is 0 Å². The van der Waals surface area contributed by atoms with Crippen molar-refractivity contribution in [2.45, 2.75) is 20.8 Å². The third kappa shape index (κ3) is 6.33. The van der Waals surface area contributed by atoms with E-state index in [0.717, 1.165) is 0 Å². The Labute approximate surface area is 105 Å². The first-order valence-corrected chi connectivity index (χ1v) is 2.90. The van der Waals surface area contributed by atoms with Gasteiger partial charge in [0, 0.05) is 0 Å². The van der Waals surface area contributed by atoms with Crippen LogP contribution in [-0.4, -0.2) is 0 Å². The topological polar surface area (TPSA) is 0 Å². The quantitative estimate of drug-likeness (QED) is 0.409. The van der Waals surface area contributed by atoms with Gasteiger partial charge in [0.15, 0.2) is 0 Å². The molecule has 0 nitrogen and oxygen atoms in total. The van der Waals surface area contributed by atoms with Gasteiger partial charge in [0.25, 0.3) is 0 Å². The fourth-order valence-electron chi connectivity index (χ4n) is 0.952. The second-order valence-electron chi connectivity index (χ2n) is 2.40. The molecule has 0 unspecified atom stereocenters. The number of hydrogen-bond donors (Lipinski definition) is 0. The Morgan fingerprint density at radius 1 is 1.08 bits per heavy atom. The molecule has 0 spiro atoms. The predicted molar refractivity (Wildman–Crippen MR) is 36.2 cm³/mol. The molecular weight excluding hydrogens is 253 g/mol. The number of hydrogen-bond acceptors (Lipinski definition) is 0. The predicted octanol–water partition coefficient (Wildman–Crippen LogP) is -6.66. The second kappa shape index (κ2) is 9.89. The standard InChI is InChI=1S/C8H11.3ClH.V/c1-6-4-7(2)8(3)5-6;;;;/h4-5H,1-3H3;3*1H;/q-1;;;;+4/p-3. The van der Waals surface area contributed by atoms with E-state index in [4.69, 9.17) is 0 Å². The zero-order valence-electron chi connectivity index (χ0n) is 7.24. The van der Waals surface area contributed by atoms with Crippen LogP contribution in [-0.2, 0) is 18.6 Å². The summed E-state index contributed by atoms with van der Waals surface area (Å²) in [6.07, 6.45) is 0. The van der Waals surface area contributed by atoms with Crippen molar-refractivity contribution in [2.75, 3.05) is 0 Å². The molecule has 0 amide bonds. The van der Waals surface area contributed by atoms with Crippen molar-refractivity contribution >= 4 is 0 Å². The SMILES string of the molecule is Cc1cc(C)[c-](C)c1.[Cl-].[Cl-].[Cl-].[V+4]. The molecule has 1 rings (SSSR count). The maximum absolute atomic E-state index is 2.20. The molecule has 0 saturated carbocycles. The van der Waals surface area contributed by atoms with E-state index in [1.807, 2.05) is 0 Å². The number of rotatable bonds is 0. The van der Waals surface area contributed by atoms with Crippen molar-refractivity contribution in [3.05, 3.63) is 28.8 Å². The van der Waals surface area contributed by atoms with Crippen molar-refractivity contribution in [2.24, 2.45) is 0 Å². The summed E-state index contributed by atoms with van der Waals surface area (Å²) in [5.41, 5.74) is 4.19. The Balaban J connectivity index is -0.0000000800. The van der Waals surface area contributed by atoms with Gasteiger partial charge in [0.1, 0.15) is 0 Å². The van der Waals surface area contributed by atoms with Crippen LogP contribution in [0.25, 0.3) is 0 Å². The molecule has 1 aromatic carbocycles. The summed E-state index contributed by atoms with van der Waals surface area (Å²) in [6.45, 7) is 6.41. The van der Waals surface area contributed by atoms with E-state index in [9.17, 15) is 0 Å². The van der Waals surface area contributed by atoms with E-state index in [-0.39, 0.29) is 55.8 Å². The van der Waals surface area contributed by atoms with Crippen LogP contribution in [0.2, 0.25) is 0 Å². The normalized spacial score (nSPS) is 6.58. The minimum absolute atomic E-state index is 0. The zero-order chi connectivity index (χ0) is 6.15. The Morgan fingerprint density at radius 2 is 1.50 bits per heavy atom. The van der Waals surface area contributed by atoms with Gasteiger partial charge in [-0.1, -0.05) is 20.8 Å². The summed E-state index contributed by atoms with van der Waals surface area (Å²) in [5, 5.41) is 0. The van der Waals surface area contributed by atoms with Crippen molar-refractivity contribution in [1.29, 1.82) is 0 Å². The average Bonchev–Trinajstić information content (AvgIpc) is 1.85. The van der Waals surface area contributed by atoms with E-state index in [1.165, 1.54) is 16.7 Å². The Hall–Kier alpha value is 0.804. The molecule has 12 heavy (non-hydrogen) atoms. The Morgan fingerprint density at radius 3 is 1.58 bits per heavy atom.